The van der Waals surface area contributed by atoms with Crippen LogP contribution in [0.5, 0.6) is 0 Å². The van der Waals surface area contributed by atoms with Gasteiger partial charge in [0.05, 0.1) is 0 Å². The number of fused-ring (bicyclic) bond motifs is 3. The summed E-state index contributed by atoms with van der Waals surface area (Å²) in [6.07, 6.45) is 0.607. The summed E-state index contributed by atoms with van der Waals surface area (Å²) in [6.45, 7) is 0.505. The summed E-state index contributed by atoms with van der Waals surface area (Å²) in [6, 6.07) is 7.01. The zero-order valence-corrected chi connectivity index (χ0v) is 10.2. The van der Waals surface area contributed by atoms with Crippen molar-refractivity contribution in [3.63, 3.8) is 0 Å². The van der Waals surface area contributed by atoms with E-state index in [2.05, 4.69) is 10.3 Å². The number of rotatable bonds is 0. The van der Waals surface area contributed by atoms with Crippen LogP contribution in [-0.2, 0) is 16.7 Å². The van der Waals surface area contributed by atoms with Gasteiger partial charge in [-0.2, -0.15) is 8.42 Å². The molecule has 6 heteroatoms. The molecule has 0 aliphatic carbocycles. The highest BCUT2D eigenvalue weighted by molar-refractivity contribution is 7.73. The van der Waals surface area contributed by atoms with Crippen LogP contribution in [0.25, 0.3) is 10.8 Å². The molecular weight excluding hydrogens is 252 g/mol. The molecule has 0 unspecified atom stereocenters. The van der Waals surface area contributed by atoms with Crippen LogP contribution in [0.3, 0.4) is 0 Å². The molecule has 0 fully saturated rings. The molecule has 0 atom stereocenters. The fourth-order valence-corrected chi connectivity index (χ4v) is 2.93. The Morgan fingerprint density at radius 3 is 2.56 bits per heavy atom. The van der Waals surface area contributed by atoms with Crippen molar-refractivity contribution in [3.05, 3.63) is 45.9 Å². The summed E-state index contributed by atoms with van der Waals surface area (Å²) in [5, 5.41) is 4.04. The van der Waals surface area contributed by atoms with E-state index in [0.29, 0.717) is 35.0 Å². The second-order valence-corrected chi connectivity index (χ2v) is 4.97. The number of H-pyrrole nitrogens is 1. The maximum atomic E-state index is 11.9. The molecule has 0 saturated carbocycles. The van der Waals surface area contributed by atoms with Crippen molar-refractivity contribution in [2.75, 3.05) is 6.54 Å². The zero-order chi connectivity index (χ0) is 12.7. The SMILES string of the molecule is O=c1[nH]c2c(c3ccccc13)C(=S(=O)=O)NCC2. The van der Waals surface area contributed by atoms with Gasteiger partial charge in [0.25, 0.3) is 5.56 Å². The Balaban J connectivity index is 2.56. The molecule has 0 radical (unpaired) electrons. The first-order valence-corrected chi connectivity index (χ1v) is 6.60. The summed E-state index contributed by atoms with van der Waals surface area (Å²) in [7, 11) is -2.34. The minimum atomic E-state index is -2.34. The fourth-order valence-electron chi connectivity index (χ4n) is 2.31. The van der Waals surface area contributed by atoms with E-state index in [-0.39, 0.29) is 10.5 Å². The van der Waals surface area contributed by atoms with E-state index in [0.717, 1.165) is 0 Å². The first kappa shape index (κ1) is 11.2. The molecule has 0 bridgehead atoms. The monoisotopic (exact) mass is 262 g/mol. The maximum Gasteiger partial charge on any atom is 0.256 e. The molecule has 5 nitrogen and oxygen atoms in total. The van der Waals surface area contributed by atoms with Gasteiger partial charge in [0.15, 0.2) is 0 Å². The number of hydrogen-bond donors (Lipinski definition) is 2. The molecule has 3 rings (SSSR count). The Kier molecular flexibility index (Phi) is 2.53. The van der Waals surface area contributed by atoms with Gasteiger partial charge in [-0.1, -0.05) is 18.2 Å². The summed E-state index contributed by atoms with van der Waals surface area (Å²) in [5.41, 5.74) is 1.09. The van der Waals surface area contributed by atoms with Crippen LogP contribution in [0.1, 0.15) is 11.3 Å². The predicted octanol–water partition coefficient (Wildman–Crippen LogP) is 0.0309. The Hall–Kier alpha value is -1.92. The highest BCUT2D eigenvalue weighted by Gasteiger charge is 2.20. The van der Waals surface area contributed by atoms with E-state index >= 15 is 0 Å². The third-order valence-electron chi connectivity index (χ3n) is 3.06. The minimum Gasteiger partial charge on any atom is -0.325 e. The van der Waals surface area contributed by atoms with E-state index < -0.39 is 10.3 Å². The fraction of sp³-hybridized carbons (Fsp3) is 0.167. The number of benzene rings is 1. The van der Waals surface area contributed by atoms with Crippen LogP contribution in [0.15, 0.2) is 29.1 Å². The predicted molar refractivity (Wildman–Crippen MR) is 69.3 cm³/mol. The van der Waals surface area contributed by atoms with Crippen molar-refractivity contribution in [2.45, 2.75) is 6.42 Å². The minimum absolute atomic E-state index is 0.156. The van der Waals surface area contributed by atoms with Crippen molar-refractivity contribution >= 4 is 26.1 Å². The van der Waals surface area contributed by atoms with Crippen molar-refractivity contribution in [1.82, 2.24) is 10.3 Å². The van der Waals surface area contributed by atoms with Crippen LogP contribution in [0.4, 0.5) is 0 Å². The van der Waals surface area contributed by atoms with Crippen LogP contribution in [0, 0.1) is 0 Å². The van der Waals surface area contributed by atoms with Gasteiger partial charge in [0.2, 0.25) is 10.3 Å². The highest BCUT2D eigenvalue weighted by atomic mass is 32.2. The summed E-state index contributed by atoms with van der Waals surface area (Å²) < 4.78 is 22.5. The Bertz CT molecular complexity index is 826. The summed E-state index contributed by atoms with van der Waals surface area (Å²) >= 11 is 0. The summed E-state index contributed by atoms with van der Waals surface area (Å²) in [4.78, 5) is 14.8. The topological polar surface area (TPSA) is 79.0 Å². The number of hydrogen-bond acceptors (Lipinski definition) is 3. The smallest absolute Gasteiger partial charge is 0.256 e. The van der Waals surface area contributed by atoms with E-state index in [1.165, 1.54) is 0 Å². The van der Waals surface area contributed by atoms with Crippen molar-refractivity contribution < 1.29 is 8.42 Å². The molecule has 2 heterocycles. The summed E-state index contributed by atoms with van der Waals surface area (Å²) in [5.74, 6) is 0. The van der Waals surface area contributed by atoms with Crippen molar-refractivity contribution in [1.29, 1.82) is 0 Å². The van der Waals surface area contributed by atoms with Crippen molar-refractivity contribution in [3.8, 4) is 0 Å². The lowest BCUT2D eigenvalue weighted by Gasteiger charge is -2.18. The number of aromatic nitrogens is 1. The average molecular weight is 262 g/mol. The third kappa shape index (κ3) is 1.58. The molecule has 0 saturated heterocycles. The molecule has 0 spiro atoms. The second kappa shape index (κ2) is 4.08. The molecular formula is C12H10N2O3S. The van der Waals surface area contributed by atoms with Crippen LogP contribution < -0.4 is 10.9 Å². The Morgan fingerprint density at radius 2 is 1.83 bits per heavy atom. The van der Waals surface area contributed by atoms with Gasteiger partial charge in [0.1, 0.15) is 4.99 Å². The molecule has 1 aliphatic heterocycles. The van der Waals surface area contributed by atoms with E-state index in [1.54, 1.807) is 24.3 Å². The molecule has 2 N–H and O–H groups in total. The first-order valence-electron chi connectivity index (χ1n) is 5.53. The molecule has 1 aromatic heterocycles. The van der Waals surface area contributed by atoms with E-state index in [9.17, 15) is 13.2 Å². The number of aromatic amines is 1. The molecule has 1 aromatic carbocycles. The van der Waals surface area contributed by atoms with Gasteiger partial charge in [-0.25, -0.2) is 0 Å². The standard InChI is InChI=1S/C12H10N2O3S/c15-11-8-4-2-1-3-7(8)10-9(14-11)5-6-13-12(10)18(16)17/h1-4,13H,5-6H2,(H,14,15). The third-order valence-corrected chi connectivity index (χ3v) is 3.74. The van der Waals surface area contributed by atoms with Gasteiger partial charge >= 0.3 is 0 Å². The largest absolute Gasteiger partial charge is 0.325 e. The maximum absolute atomic E-state index is 11.9. The normalized spacial score (nSPS) is 14.6. The zero-order valence-electron chi connectivity index (χ0n) is 9.36. The molecule has 1 aliphatic rings. The number of pyridine rings is 1. The van der Waals surface area contributed by atoms with E-state index in [1.807, 2.05) is 0 Å². The van der Waals surface area contributed by atoms with Gasteiger partial charge in [-0.3, -0.25) is 10.1 Å². The molecule has 92 valence electrons. The highest BCUT2D eigenvalue weighted by Crippen LogP contribution is 2.20. The lowest BCUT2D eigenvalue weighted by Crippen LogP contribution is -2.35. The second-order valence-electron chi connectivity index (χ2n) is 4.09. The van der Waals surface area contributed by atoms with Gasteiger partial charge < -0.3 is 4.98 Å². The molecule has 0 amide bonds. The Labute approximate surface area is 104 Å². The average Bonchev–Trinajstić information content (AvgIpc) is 2.38. The van der Waals surface area contributed by atoms with Crippen LogP contribution >= 0.6 is 0 Å². The van der Waals surface area contributed by atoms with Gasteiger partial charge in [-0.15, -0.1) is 0 Å². The van der Waals surface area contributed by atoms with Crippen LogP contribution in [0.2, 0.25) is 0 Å². The lowest BCUT2D eigenvalue weighted by molar-refractivity contribution is 0.626. The quantitative estimate of drug-likeness (QED) is 0.657. The van der Waals surface area contributed by atoms with Gasteiger partial charge in [0, 0.05) is 29.6 Å². The number of nitrogens with one attached hydrogen (secondary N) is 2. The van der Waals surface area contributed by atoms with Crippen LogP contribution in [-0.4, -0.2) is 24.9 Å². The molecule has 2 aromatic rings. The van der Waals surface area contributed by atoms with E-state index in [4.69, 9.17) is 0 Å². The molecule has 18 heavy (non-hydrogen) atoms. The first-order chi connectivity index (χ1) is 8.68. The Morgan fingerprint density at radius 1 is 1.11 bits per heavy atom. The van der Waals surface area contributed by atoms with Gasteiger partial charge in [-0.05, 0) is 11.5 Å². The lowest BCUT2D eigenvalue weighted by atomic mass is 10.00. The van der Waals surface area contributed by atoms with Crippen molar-refractivity contribution in [2.24, 2.45) is 0 Å².